The Morgan fingerprint density at radius 3 is 2.16 bits per heavy atom. The minimum Gasteiger partial charge on any atom is -0.462 e. The molecule has 0 amide bonds. The van der Waals surface area contributed by atoms with Crippen LogP contribution in [-0.4, -0.2) is 92.6 Å². The summed E-state index contributed by atoms with van der Waals surface area (Å²) in [5, 5.41) is 35.5. The van der Waals surface area contributed by atoms with Crippen molar-refractivity contribution in [1.82, 2.24) is 0 Å². The first kappa shape index (κ1) is 30.3. The summed E-state index contributed by atoms with van der Waals surface area (Å²) in [4.78, 5) is 67.5. The van der Waals surface area contributed by atoms with Gasteiger partial charge < -0.3 is 34.3 Å². The van der Waals surface area contributed by atoms with Crippen LogP contribution in [0, 0.1) is 51.8 Å². The number of hydrogen-bond acceptors (Lipinski definition) is 12. The number of carbonyl (C=O) groups excluding carboxylic acids is 5. The molecule has 2 heterocycles. The van der Waals surface area contributed by atoms with Crippen molar-refractivity contribution in [2.45, 2.75) is 116 Å². The second-order valence-electron chi connectivity index (χ2n) is 15.6. The molecule has 0 aromatic carbocycles. The molecule has 5 aliphatic carbocycles. The topological polar surface area (TPSA) is 186 Å². The molecule has 7 aliphatic rings. The molecule has 0 aromatic rings. The molecule has 17 atom stereocenters. The van der Waals surface area contributed by atoms with Crippen molar-refractivity contribution in [3.05, 3.63) is 0 Å². The number of hydrogen-bond donors (Lipinski definition) is 3. The molecule has 2 aliphatic heterocycles. The summed E-state index contributed by atoms with van der Waals surface area (Å²) in [6, 6.07) is 0. The van der Waals surface area contributed by atoms with Crippen LogP contribution in [0.25, 0.3) is 0 Å². The Morgan fingerprint density at radius 1 is 0.909 bits per heavy atom. The average Bonchev–Trinajstić information content (AvgIpc) is 3.59. The Balaban J connectivity index is 1.44. The van der Waals surface area contributed by atoms with Gasteiger partial charge in [0.2, 0.25) is 0 Å². The fourth-order valence-electron chi connectivity index (χ4n) is 11.7. The number of carbonyl (C=O) groups is 5. The van der Waals surface area contributed by atoms with E-state index in [-0.39, 0.29) is 24.5 Å². The molecule has 1 unspecified atom stereocenters. The highest BCUT2D eigenvalue weighted by molar-refractivity contribution is 5.98. The Bertz CT molecular complexity index is 1390. The van der Waals surface area contributed by atoms with E-state index in [1.54, 1.807) is 13.8 Å². The number of ether oxygens (including phenoxy) is 4. The molecular weight excluding hydrogens is 576 g/mol. The van der Waals surface area contributed by atoms with E-state index < -0.39 is 117 Å². The molecule has 7 fully saturated rings. The minimum atomic E-state index is -2.05. The van der Waals surface area contributed by atoms with Crippen LogP contribution in [0.2, 0.25) is 0 Å². The fraction of sp³-hybridized carbons (Fsp3) is 0.844. The molecule has 0 aromatic heterocycles. The van der Waals surface area contributed by atoms with Crippen molar-refractivity contribution in [1.29, 1.82) is 0 Å². The van der Waals surface area contributed by atoms with Crippen molar-refractivity contribution < 1.29 is 58.2 Å². The predicted octanol–water partition coefficient (Wildman–Crippen LogP) is 0.498. The van der Waals surface area contributed by atoms with E-state index in [1.165, 1.54) is 20.8 Å². The highest BCUT2D eigenvalue weighted by atomic mass is 16.6. The van der Waals surface area contributed by atoms with Crippen LogP contribution >= 0.6 is 0 Å². The van der Waals surface area contributed by atoms with Crippen LogP contribution in [0.3, 0.4) is 0 Å². The molecule has 0 bridgehead atoms. The second-order valence-corrected chi connectivity index (χ2v) is 15.6. The van der Waals surface area contributed by atoms with Gasteiger partial charge in [-0.05, 0) is 37.5 Å². The van der Waals surface area contributed by atoms with Crippen LogP contribution in [0.1, 0.15) is 67.7 Å². The lowest BCUT2D eigenvalue weighted by Gasteiger charge is -2.65. The maximum Gasteiger partial charge on any atom is 0.338 e. The number of esters is 3. The van der Waals surface area contributed by atoms with Gasteiger partial charge in [0.1, 0.15) is 41.9 Å². The Hall–Kier alpha value is -2.41. The molecule has 44 heavy (non-hydrogen) atoms. The van der Waals surface area contributed by atoms with Crippen molar-refractivity contribution in [3.8, 4) is 0 Å². The van der Waals surface area contributed by atoms with E-state index in [1.807, 2.05) is 13.8 Å². The molecule has 5 saturated carbocycles. The highest BCUT2D eigenvalue weighted by Crippen LogP contribution is 2.74. The van der Waals surface area contributed by atoms with Gasteiger partial charge in [-0.25, -0.2) is 4.79 Å². The Labute approximate surface area is 255 Å². The summed E-state index contributed by atoms with van der Waals surface area (Å²) < 4.78 is 23.3. The van der Waals surface area contributed by atoms with E-state index >= 15 is 4.79 Å². The molecule has 0 spiro atoms. The van der Waals surface area contributed by atoms with Crippen LogP contribution in [-0.2, 0) is 42.9 Å². The van der Waals surface area contributed by atoms with Gasteiger partial charge in [-0.2, -0.15) is 0 Å². The zero-order valence-electron chi connectivity index (χ0n) is 26.1. The lowest BCUT2D eigenvalue weighted by Crippen LogP contribution is -2.77. The van der Waals surface area contributed by atoms with Crippen LogP contribution in [0.5, 0.6) is 0 Å². The Kier molecular flexibility index (Phi) is 5.97. The number of epoxide rings is 1. The van der Waals surface area contributed by atoms with Gasteiger partial charge in [0.05, 0.1) is 11.5 Å². The number of ketones is 2. The van der Waals surface area contributed by atoms with Crippen molar-refractivity contribution in [2.75, 3.05) is 0 Å². The summed E-state index contributed by atoms with van der Waals surface area (Å²) in [7, 11) is 0. The lowest BCUT2D eigenvalue weighted by molar-refractivity contribution is -0.274. The van der Waals surface area contributed by atoms with Gasteiger partial charge in [0.15, 0.2) is 11.4 Å². The zero-order valence-corrected chi connectivity index (χ0v) is 26.1. The third-order valence-corrected chi connectivity index (χ3v) is 13.9. The minimum absolute atomic E-state index is 0.0544. The number of aliphatic hydroxyl groups is 3. The molecule has 242 valence electrons. The molecule has 7 rings (SSSR count). The smallest absolute Gasteiger partial charge is 0.338 e. The predicted molar refractivity (Wildman–Crippen MR) is 146 cm³/mol. The van der Waals surface area contributed by atoms with Gasteiger partial charge in [-0.15, -0.1) is 0 Å². The number of aliphatic hydroxyl groups excluding tert-OH is 1. The fourth-order valence-corrected chi connectivity index (χ4v) is 11.7. The maximum atomic E-state index is 15.1. The molecular formula is C32H42O12. The third kappa shape index (κ3) is 3.16. The van der Waals surface area contributed by atoms with Crippen LogP contribution in [0.15, 0.2) is 0 Å². The summed E-state index contributed by atoms with van der Waals surface area (Å²) in [6.07, 6.45) is -5.34. The largest absolute Gasteiger partial charge is 0.462 e. The first-order chi connectivity index (χ1) is 20.3. The van der Waals surface area contributed by atoms with Crippen molar-refractivity contribution >= 4 is 29.5 Å². The normalized spacial score (nSPS) is 58.4. The lowest BCUT2D eigenvalue weighted by atomic mass is 9.40. The van der Waals surface area contributed by atoms with Crippen LogP contribution in [0.4, 0.5) is 0 Å². The zero-order chi connectivity index (χ0) is 32.3. The molecule has 12 heteroatoms. The van der Waals surface area contributed by atoms with Crippen molar-refractivity contribution in [3.63, 3.8) is 0 Å². The summed E-state index contributed by atoms with van der Waals surface area (Å²) in [6.45, 7) is 11.0. The molecule has 0 radical (unpaired) electrons. The third-order valence-electron chi connectivity index (χ3n) is 13.9. The highest BCUT2D eigenvalue weighted by Gasteiger charge is 2.84. The summed E-state index contributed by atoms with van der Waals surface area (Å²) in [5.41, 5.74) is -7.98. The number of Topliss-reactive ketones (excluding diaryl/α,β-unsaturated/α-hetero) is 2. The standard InChI is InChI=1S/C32H42O12/c1-11-8-17-30(6,31(7,39)27(38)44-17)21-19(11)28(4)16(41-12(2)33)9-14-18(20(28)23(21)36)22(35)25(37)32(40)10-15-24(43-15)26(29(14,32)5)42-13(3)34/h11,14-21,24-26,37,39-40H,8-10H2,1-7H3/t11-,14+,15+,16+,17?,18-,19+,20-,21+,24+,25+,26+,28-,29+,30+,31-,32+/m1/s1. The van der Waals surface area contributed by atoms with E-state index in [0.29, 0.717) is 6.42 Å². The molecule has 12 nitrogen and oxygen atoms in total. The average molecular weight is 619 g/mol. The SMILES string of the molecule is CC(=O)O[C@H]1C[C@H]2[C@@H](C(=O)[C@H](O)[C@@]3(O)C[C@@H]4O[C@@H]4[C@H](OC(C)=O)[C@]23C)[C@@H]2C(=O)[C@@H]3[C@H]([C@H](C)CC4OC(=O)[C@@](C)(O)[C@@]43C)[C@@]12C. The van der Waals surface area contributed by atoms with Gasteiger partial charge in [-0.3, -0.25) is 19.2 Å². The van der Waals surface area contributed by atoms with Gasteiger partial charge >= 0.3 is 17.9 Å². The summed E-state index contributed by atoms with van der Waals surface area (Å²) >= 11 is 0. The first-order valence-corrected chi connectivity index (χ1v) is 15.7. The number of fused-ring (bicyclic) bond motifs is 10. The monoisotopic (exact) mass is 618 g/mol. The van der Waals surface area contributed by atoms with Gasteiger partial charge in [0, 0.05) is 48.9 Å². The van der Waals surface area contributed by atoms with Gasteiger partial charge in [0.25, 0.3) is 0 Å². The number of rotatable bonds is 2. The molecule has 2 saturated heterocycles. The van der Waals surface area contributed by atoms with Crippen LogP contribution < -0.4 is 0 Å². The summed E-state index contributed by atoms with van der Waals surface area (Å²) in [5.74, 6) is -7.84. The second kappa shape index (κ2) is 8.68. The van der Waals surface area contributed by atoms with E-state index in [9.17, 15) is 34.5 Å². The quantitative estimate of drug-likeness (QED) is 0.221. The van der Waals surface area contributed by atoms with E-state index in [0.717, 1.165) is 0 Å². The molecule has 3 N–H and O–H groups in total. The first-order valence-electron chi connectivity index (χ1n) is 15.7. The van der Waals surface area contributed by atoms with E-state index in [2.05, 4.69) is 0 Å². The Morgan fingerprint density at radius 2 is 1.55 bits per heavy atom. The maximum absolute atomic E-state index is 15.1. The van der Waals surface area contributed by atoms with Gasteiger partial charge in [-0.1, -0.05) is 27.7 Å². The van der Waals surface area contributed by atoms with E-state index in [4.69, 9.17) is 18.9 Å². The van der Waals surface area contributed by atoms with Crippen molar-refractivity contribution in [2.24, 2.45) is 51.8 Å².